The molecule has 3 rings (SSSR count). The predicted octanol–water partition coefficient (Wildman–Crippen LogP) is 3.28. The van der Waals surface area contributed by atoms with Crippen LogP contribution in [0.4, 0.5) is 5.69 Å². The first-order valence-electron chi connectivity index (χ1n) is 8.21. The second-order valence-electron chi connectivity index (χ2n) is 6.05. The van der Waals surface area contributed by atoms with E-state index in [0.717, 1.165) is 11.2 Å². The summed E-state index contributed by atoms with van der Waals surface area (Å²) in [5, 5.41) is 19.6. The summed E-state index contributed by atoms with van der Waals surface area (Å²) in [5.74, 6) is -0.730. The Morgan fingerprint density at radius 1 is 1.22 bits per heavy atom. The fraction of sp³-hybridized carbons (Fsp3) is 0.150. The van der Waals surface area contributed by atoms with Crippen LogP contribution in [0.1, 0.15) is 16.2 Å². The average molecular weight is 362 g/mol. The molecular formula is C20H18N4O3. The lowest BCUT2D eigenvalue weighted by Crippen LogP contribution is -2.11. The van der Waals surface area contributed by atoms with Crippen molar-refractivity contribution in [3.05, 3.63) is 65.7 Å². The third-order valence-corrected chi connectivity index (χ3v) is 3.99. The molecule has 136 valence electrons. The summed E-state index contributed by atoms with van der Waals surface area (Å²) >= 11 is 0. The minimum absolute atomic E-state index is 0.0676. The predicted molar refractivity (Wildman–Crippen MR) is 102 cm³/mol. The van der Waals surface area contributed by atoms with Gasteiger partial charge in [-0.15, -0.1) is 0 Å². The van der Waals surface area contributed by atoms with Crippen LogP contribution in [-0.4, -0.2) is 41.7 Å². The number of nitrogens with one attached hydrogen (secondary N) is 1. The van der Waals surface area contributed by atoms with E-state index in [1.54, 1.807) is 30.3 Å². The third kappa shape index (κ3) is 3.90. The quantitative estimate of drug-likeness (QED) is 0.410. The van der Waals surface area contributed by atoms with Gasteiger partial charge in [0.1, 0.15) is 18.2 Å². The van der Waals surface area contributed by atoms with Gasteiger partial charge >= 0.3 is 5.97 Å². The number of aromatic nitrogens is 2. The van der Waals surface area contributed by atoms with Crippen LogP contribution < -0.4 is 4.90 Å². The summed E-state index contributed by atoms with van der Waals surface area (Å²) in [6.45, 7) is -0.422. The van der Waals surface area contributed by atoms with Crippen LogP contribution in [0, 0.1) is 11.3 Å². The van der Waals surface area contributed by atoms with E-state index < -0.39 is 12.6 Å². The van der Waals surface area contributed by atoms with E-state index in [1.807, 2.05) is 43.3 Å². The number of benzene rings is 2. The number of carbonyl (C=O) groups excluding carboxylic acids is 1. The number of esters is 1. The standard InChI is InChI=1S/C20H18N4O3/c1-24(2)14-9-7-13(8-10-14)20(26)27-12-18(25)15(11-21)19-22-16-5-3-4-6-17(16)23-19/h3-10,25H,12H2,1-2H3,(H,22,23). The third-order valence-electron chi connectivity index (χ3n) is 3.99. The zero-order valence-corrected chi connectivity index (χ0v) is 14.9. The number of aliphatic hydroxyl groups is 1. The van der Waals surface area contributed by atoms with Crippen LogP contribution in [0.25, 0.3) is 16.6 Å². The van der Waals surface area contributed by atoms with E-state index in [0.29, 0.717) is 11.1 Å². The monoisotopic (exact) mass is 362 g/mol. The van der Waals surface area contributed by atoms with Crippen molar-refractivity contribution in [3.8, 4) is 6.07 Å². The van der Waals surface area contributed by atoms with Gasteiger partial charge in [-0.05, 0) is 36.4 Å². The molecule has 3 aromatic rings. The van der Waals surface area contributed by atoms with E-state index in [9.17, 15) is 15.2 Å². The molecule has 0 bridgehead atoms. The highest BCUT2D eigenvalue weighted by Gasteiger charge is 2.15. The van der Waals surface area contributed by atoms with Gasteiger partial charge < -0.3 is 19.7 Å². The Bertz CT molecular complexity index is 1010. The number of rotatable bonds is 5. The van der Waals surface area contributed by atoms with Crippen molar-refractivity contribution in [1.29, 1.82) is 5.26 Å². The summed E-state index contributed by atoms with van der Waals surface area (Å²) in [6.07, 6.45) is 0. The number of hydrogen-bond acceptors (Lipinski definition) is 6. The Balaban J connectivity index is 1.74. The Morgan fingerprint density at radius 3 is 2.56 bits per heavy atom. The fourth-order valence-corrected chi connectivity index (χ4v) is 2.51. The molecule has 0 saturated carbocycles. The zero-order chi connectivity index (χ0) is 19.4. The highest BCUT2D eigenvalue weighted by molar-refractivity contribution is 5.90. The molecule has 0 saturated heterocycles. The number of aliphatic hydroxyl groups excluding tert-OH is 1. The van der Waals surface area contributed by atoms with Gasteiger partial charge in [-0.2, -0.15) is 5.26 Å². The van der Waals surface area contributed by atoms with E-state index in [2.05, 4.69) is 9.97 Å². The van der Waals surface area contributed by atoms with Crippen LogP contribution in [0.15, 0.2) is 54.3 Å². The number of ether oxygens (including phenoxy) is 1. The molecule has 0 spiro atoms. The molecule has 0 amide bonds. The number of para-hydroxylation sites is 2. The van der Waals surface area contributed by atoms with Gasteiger partial charge in [-0.25, -0.2) is 9.78 Å². The van der Waals surface area contributed by atoms with Crippen molar-refractivity contribution in [3.63, 3.8) is 0 Å². The van der Waals surface area contributed by atoms with Crippen LogP contribution in [0.5, 0.6) is 0 Å². The number of fused-ring (bicyclic) bond motifs is 1. The molecule has 0 unspecified atom stereocenters. The summed E-state index contributed by atoms with van der Waals surface area (Å²) in [6, 6.07) is 16.0. The molecule has 1 aromatic heterocycles. The SMILES string of the molecule is CN(C)c1ccc(C(=O)OCC(O)=C(C#N)c2nc3ccccc3[nH]2)cc1. The molecular weight excluding hydrogens is 344 g/mol. The van der Waals surface area contributed by atoms with Gasteiger partial charge in [-0.1, -0.05) is 12.1 Å². The molecule has 2 N–H and O–H groups in total. The molecule has 0 fully saturated rings. The van der Waals surface area contributed by atoms with Crippen molar-refractivity contribution in [2.75, 3.05) is 25.6 Å². The van der Waals surface area contributed by atoms with E-state index >= 15 is 0 Å². The van der Waals surface area contributed by atoms with Gasteiger partial charge in [-0.3, -0.25) is 0 Å². The molecule has 0 aliphatic heterocycles. The lowest BCUT2D eigenvalue weighted by molar-refractivity contribution is 0.0503. The summed E-state index contributed by atoms with van der Waals surface area (Å²) in [7, 11) is 3.80. The Kier molecular flexibility index (Phi) is 5.08. The maximum atomic E-state index is 12.1. The number of nitriles is 1. The number of allylic oxidation sites excluding steroid dienone is 1. The van der Waals surface area contributed by atoms with Gasteiger partial charge in [0.2, 0.25) is 0 Å². The number of aromatic amines is 1. The molecule has 1 heterocycles. The number of hydrogen-bond donors (Lipinski definition) is 2. The number of H-pyrrole nitrogens is 1. The second kappa shape index (κ2) is 7.62. The molecule has 0 atom stereocenters. The van der Waals surface area contributed by atoms with Crippen molar-refractivity contribution in [1.82, 2.24) is 9.97 Å². The Morgan fingerprint density at radius 2 is 1.93 bits per heavy atom. The highest BCUT2D eigenvalue weighted by Crippen LogP contribution is 2.19. The maximum Gasteiger partial charge on any atom is 0.338 e. The van der Waals surface area contributed by atoms with E-state index in [-0.39, 0.29) is 17.2 Å². The van der Waals surface area contributed by atoms with Gasteiger partial charge in [0.05, 0.1) is 16.6 Å². The minimum Gasteiger partial charge on any atom is -0.507 e. The number of nitrogens with zero attached hydrogens (tertiary/aromatic N) is 3. The van der Waals surface area contributed by atoms with Gasteiger partial charge in [0.15, 0.2) is 11.6 Å². The zero-order valence-electron chi connectivity index (χ0n) is 14.9. The van der Waals surface area contributed by atoms with Crippen molar-refractivity contribution in [2.45, 2.75) is 0 Å². The minimum atomic E-state index is -0.589. The number of carbonyl (C=O) groups is 1. The van der Waals surface area contributed by atoms with E-state index in [4.69, 9.17) is 4.74 Å². The van der Waals surface area contributed by atoms with E-state index in [1.165, 1.54) is 0 Å². The highest BCUT2D eigenvalue weighted by atomic mass is 16.5. The molecule has 0 aliphatic carbocycles. The second-order valence-corrected chi connectivity index (χ2v) is 6.05. The van der Waals surface area contributed by atoms with Crippen LogP contribution in [0.2, 0.25) is 0 Å². The van der Waals surface area contributed by atoms with Crippen LogP contribution >= 0.6 is 0 Å². The average Bonchev–Trinajstić information content (AvgIpc) is 3.10. The lowest BCUT2D eigenvalue weighted by Gasteiger charge is -2.12. The molecule has 27 heavy (non-hydrogen) atoms. The first-order valence-corrected chi connectivity index (χ1v) is 8.21. The first kappa shape index (κ1) is 18.0. The summed E-state index contributed by atoms with van der Waals surface area (Å²) < 4.78 is 5.12. The Hall–Kier alpha value is -3.79. The summed E-state index contributed by atoms with van der Waals surface area (Å²) in [4.78, 5) is 21.3. The lowest BCUT2D eigenvalue weighted by atomic mass is 10.2. The Labute approximate surface area is 156 Å². The van der Waals surface area contributed by atoms with Crippen molar-refractivity contribution in [2.24, 2.45) is 0 Å². The molecule has 2 aromatic carbocycles. The number of imidazole rings is 1. The van der Waals surface area contributed by atoms with Crippen LogP contribution in [0.3, 0.4) is 0 Å². The normalized spacial score (nSPS) is 11.6. The number of anilines is 1. The molecule has 7 heteroatoms. The first-order chi connectivity index (χ1) is 13.0. The van der Waals surface area contributed by atoms with Crippen LogP contribution in [-0.2, 0) is 4.74 Å². The fourth-order valence-electron chi connectivity index (χ4n) is 2.51. The van der Waals surface area contributed by atoms with Crippen molar-refractivity contribution < 1.29 is 14.6 Å². The van der Waals surface area contributed by atoms with Crippen molar-refractivity contribution >= 4 is 28.3 Å². The molecule has 0 aliphatic rings. The summed E-state index contributed by atoms with van der Waals surface area (Å²) in [5.41, 5.74) is 2.65. The molecule has 0 radical (unpaired) electrons. The largest absolute Gasteiger partial charge is 0.507 e. The smallest absolute Gasteiger partial charge is 0.338 e. The van der Waals surface area contributed by atoms with Gasteiger partial charge in [0.25, 0.3) is 0 Å². The maximum absolute atomic E-state index is 12.1. The topological polar surface area (TPSA) is 102 Å². The molecule has 7 nitrogen and oxygen atoms in total. The van der Waals surface area contributed by atoms with Gasteiger partial charge in [0, 0.05) is 19.8 Å².